The molecule has 0 heterocycles. The molecule has 4 aromatic carbocycles. The van der Waals surface area contributed by atoms with Crippen molar-refractivity contribution in [1.82, 2.24) is 0 Å². The summed E-state index contributed by atoms with van der Waals surface area (Å²) >= 11 is 8.23. The van der Waals surface area contributed by atoms with Crippen molar-refractivity contribution in [3.8, 4) is 22.3 Å². The monoisotopic (exact) mass is 558 g/mol. The molecule has 166 valence electrons. The standard InChI is InChI=1S/C31H28Br2/c1-2-3-11-24(22-12-6-4-7-13-22)20-26-16-10-17-28-27-19-18-25(23-14-8-5-9-15-23)21-29(27)31(32,33)30(26)28/h4-10,12-19,21,24H,2-3,11,20H2,1H3. The second kappa shape index (κ2) is 9.60. The van der Waals surface area contributed by atoms with Gasteiger partial charge in [0.05, 0.1) is 0 Å². The molecule has 0 saturated carbocycles. The van der Waals surface area contributed by atoms with E-state index in [2.05, 4.69) is 136 Å². The van der Waals surface area contributed by atoms with Crippen LogP contribution in [0.25, 0.3) is 22.3 Å². The molecule has 0 spiro atoms. The van der Waals surface area contributed by atoms with Crippen LogP contribution in [0.1, 0.15) is 54.4 Å². The second-order valence-corrected chi connectivity index (χ2v) is 12.4. The number of hydrogen-bond donors (Lipinski definition) is 0. The molecule has 0 aliphatic heterocycles. The maximum absolute atomic E-state index is 4.11. The van der Waals surface area contributed by atoms with Gasteiger partial charge in [0.1, 0.15) is 3.23 Å². The highest BCUT2D eigenvalue weighted by Crippen LogP contribution is 2.58. The first-order valence-corrected chi connectivity index (χ1v) is 13.4. The van der Waals surface area contributed by atoms with E-state index in [0.29, 0.717) is 5.92 Å². The quantitative estimate of drug-likeness (QED) is 0.198. The number of rotatable bonds is 7. The minimum absolute atomic E-state index is 0.377. The molecule has 0 radical (unpaired) electrons. The zero-order chi connectivity index (χ0) is 22.8. The van der Waals surface area contributed by atoms with Crippen molar-refractivity contribution in [1.29, 1.82) is 0 Å². The molecule has 0 amide bonds. The largest absolute Gasteiger partial charge is 0.132 e. The van der Waals surface area contributed by atoms with Crippen LogP contribution in [0.4, 0.5) is 0 Å². The van der Waals surface area contributed by atoms with Crippen LogP contribution in [0.3, 0.4) is 0 Å². The molecule has 0 aromatic heterocycles. The fourth-order valence-electron chi connectivity index (χ4n) is 5.18. The molecule has 33 heavy (non-hydrogen) atoms. The van der Waals surface area contributed by atoms with E-state index < -0.39 is 0 Å². The number of fused-ring (bicyclic) bond motifs is 3. The lowest BCUT2D eigenvalue weighted by Crippen LogP contribution is -2.12. The summed E-state index contributed by atoms with van der Waals surface area (Å²) in [6, 6.07) is 35.4. The summed E-state index contributed by atoms with van der Waals surface area (Å²) in [5.41, 5.74) is 10.7. The van der Waals surface area contributed by atoms with E-state index in [0.717, 1.165) is 6.42 Å². The number of hydrogen-bond acceptors (Lipinski definition) is 0. The van der Waals surface area contributed by atoms with Crippen LogP contribution in [0.5, 0.6) is 0 Å². The first kappa shape index (κ1) is 22.6. The molecule has 1 unspecified atom stereocenters. The lowest BCUT2D eigenvalue weighted by atomic mass is 9.85. The summed E-state index contributed by atoms with van der Waals surface area (Å²) in [6.07, 6.45) is 4.74. The van der Waals surface area contributed by atoms with Crippen molar-refractivity contribution in [2.75, 3.05) is 0 Å². The van der Waals surface area contributed by atoms with E-state index in [1.54, 1.807) is 0 Å². The molecule has 0 fully saturated rings. The van der Waals surface area contributed by atoms with Crippen LogP contribution in [-0.4, -0.2) is 0 Å². The van der Waals surface area contributed by atoms with E-state index >= 15 is 0 Å². The minimum Gasteiger partial charge on any atom is -0.0654 e. The van der Waals surface area contributed by atoms with E-state index in [4.69, 9.17) is 0 Å². The minimum atomic E-state index is -0.377. The Morgan fingerprint density at radius 2 is 1.45 bits per heavy atom. The third-order valence-electron chi connectivity index (χ3n) is 6.86. The molecule has 1 atom stereocenters. The lowest BCUT2D eigenvalue weighted by Gasteiger charge is -2.24. The SMILES string of the molecule is CCCCC(Cc1cccc2c1C(Br)(Br)c1cc(-c3ccccc3)ccc1-2)c1ccccc1. The van der Waals surface area contributed by atoms with Crippen LogP contribution in [0, 0.1) is 0 Å². The van der Waals surface area contributed by atoms with Crippen molar-refractivity contribution in [2.45, 2.75) is 41.8 Å². The Morgan fingerprint density at radius 3 is 2.18 bits per heavy atom. The van der Waals surface area contributed by atoms with Gasteiger partial charge in [0.25, 0.3) is 0 Å². The van der Waals surface area contributed by atoms with Crippen LogP contribution in [0.15, 0.2) is 97.1 Å². The van der Waals surface area contributed by atoms with Crippen LogP contribution < -0.4 is 0 Å². The fraction of sp³-hybridized carbons (Fsp3) is 0.226. The van der Waals surface area contributed by atoms with Gasteiger partial charge in [0.15, 0.2) is 0 Å². The number of halogens is 2. The molecule has 4 aromatic rings. The molecule has 5 rings (SSSR count). The summed E-state index contributed by atoms with van der Waals surface area (Å²) < 4.78 is -0.377. The molecule has 0 bridgehead atoms. The predicted molar refractivity (Wildman–Crippen MR) is 148 cm³/mol. The third kappa shape index (κ3) is 4.36. The average molecular weight is 560 g/mol. The third-order valence-corrected chi connectivity index (χ3v) is 8.51. The summed E-state index contributed by atoms with van der Waals surface area (Å²) in [5, 5.41) is 0. The highest BCUT2D eigenvalue weighted by atomic mass is 79.9. The summed E-state index contributed by atoms with van der Waals surface area (Å²) in [6.45, 7) is 2.28. The number of alkyl halides is 2. The molecule has 2 heteroatoms. The fourth-order valence-corrected chi connectivity index (χ4v) is 6.77. The summed E-state index contributed by atoms with van der Waals surface area (Å²) in [7, 11) is 0. The van der Waals surface area contributed by atoms with Gasteiger partial charge in [-0.15, -0.1) is 0 Å². The highest BCUT2D eigenvalue weighted by molar-refractivity contribution is 9.25. The normalized spacial score (nSPS) is 14.5. The topological polar surface area (TPSA) is 0 Å². The van der Waals surface area contributed by atoms with Gasteiger partial charge in [-0.05, 0) is 69.3 Å². The molecular formula is C31H28Br2. The first-order chi connectivity index (χ1) is 16.1. The number of unbranched alkanes of at least 4 members (excludes halogenated alkanes) is 1. The van der Waals surface area contributed by atoms with Gasteiger partial charge < -0.3 is 0 Å². The molecule has 1 aliphatic carbocycles. The predicted octanol–water partition coefficient (Wildman–Crippen LogP) is 9.84. The maximum atomic E-state index is 4.11. The zero-order valence-electron chi connectivity index (χ0n) is 18.9. The average Bonchev–Trinajstić information content (AvgIpc) is 3.10. The highest BCUT2D eigenvalue weighted by Gasteiger charge is 2.41. The smallest absolute Gasteiger partial charge is 0.0654 e. The van der Waals surface area contributed by atoms with E-state index in [1.165, 1.54) is 63.8 Å². The van der Waals surface area contributed by atoms with E-state index in [1.807, 2.05) is 0 Å². The van der Waals surface area contributed by atoms with Gasteiger partial charge in [-0.2, -0.15) is 0 Å². The summed E-state index contributed by atoms with van der Waals surface area (Å²) in [5.74, 6) is 0.525. The van der Waals surface area contributed by atoms with Crippen molar-refractivity contribution in [3.05, 3.63) is 119 Å². The van der Waals surface area contributed by atoms with E-state index in [9.17, 15) is 0 Å². The summed E-state index contributed by atoms with van der Waals surface area (Å²) in [4.78, 5) is 0. The van der Waals surface area contributed by atoms with Crippen LogP contribution in [0.2, 0.25) is 0 Å². The van der Waals surface area contributed by atoms with Gasteiger partial charge in [-0.1, -0.05) is 143 Å². The Bertz CT molecular complexity index is 1240. The zero-order valence-corrected chi connectivity index (χ0v) is 22.1. The molecule has 0 saturated heterocycles. The Balaban J connectivity index is 1.55. The second-order valence-electron chi connectivity index (χ2n) is 8.99. The Labute approximate surface area is 214 Å². The van der Waals surface area contributed by atoms with Crippen LogP contribution >= 0.6 is 31.9 Å². The lowest BCUT2D eigenvalue weighted by molar-refractivity contribution is 0.580. The molecule has 0 nitrogen and oxygen atoms in total. The van der Waals surface area contributed by atoms with Crippen molar-refractivity contribution in [2.24, 2.45) is 0 Å². The first-order valence-electron chi connectivity index (χ1n) is 11.8. The van der Waals surface area contributed by atoms with Crippen molar-refractivity contribution >= 4 is 31.9 Å². The van der Waals surface area contributed by atoms with Gasteiger partial charge in [0, 0.05) is 0 Å². The Kier molecular flexibility index (Phi) is 6.58. The van der Waals surface area contributed by atoms with Gasteiger partial charge >= 0.3 is 0 Å². The van der Waals surface area contributed by atoms with Gasteiger partial charge in [-0.3, -0.25) is 0 Å². The number of benzene rings is 4. The Hall–Kier alpha value is -2.16. The van der Waals surface area contributed by atoms with E-state index in [-0.39, 0.29) is 3.23 Å². The van der Waals surface area contributed by atoms with Crippen molar-refractivity contribution < 1.29 is 0 Å². The molecule has 1 aliphatic rings. The van der Waals surface area contributed by atoms with Crippen LogP contribution in [-0.2, 0) is 9.65 Å². The Morgan fingerprint density at radius 1 is 0.727 bits per heavy atom. The maximum Gasteiger partial charge on any atom is 0.132 e. The van der Waals surface area contributed by atoms with Crippen molar-refractivity contribution in [3.63, 3.8) is 0 Å². The molecule has 0 N–H and O–H groups in total. The van der Waals surface area contributed by atoms with Gasteiger partial charge in [-0.25, -0.2) is 0 Å². The molecular weight excluding hydrogens is 532 g/mol. The van der Waals surface area contributed by atoms with Gasteiger partial charge in [0.2, 0.25) is 0 Å².